The summed E-state index contributed by atoms with van der Waals surface area (Å²) in [6.45, 7) is 8.46. The summed E-state index contributed by atoms with van der Waals surface area (Å²) in [5, 5.41) is 3.43. The van der Waals surface area contributed by atoms with Gasteiger partial charge in [-0.25, -0.2) is 0 Å². The maximum Gasteiger partial charge on any atom is 0.228 e. The fourth-order valence-corrected chi connectivity index (χ4v) is 3.99. The minimum Gasteiger partial charge on any atom is -0.340 e. The van der Waals surface area contributed by atoms with Crippen LogP contribution < -0.4 is 5.32 Å². The highest BCUT2D eigenvalue weighted by atomic mass is 35.5. The van der Waals surface area contributed by atoms with E-state index in [0.717, 1.165) is 52.1 Å². The van der Waals surface area contributed by atoms with Crippen LogP contribution in [0.2, 0.25) is 0 Å². The molecule has 3 fully saturated rings. The van der Waals surface area contributed by atoms with Crippen molar-refractivity contribution >= 4 is 18.3 Å². The molecule has 0 spiro atoms. The van der Waals surface area contributed by atoms with Gasteiger partial charge in [0.2, 0.25) is 5.91 Å². The lowest BCUT2D eigenvalue weighted by Gasteiger charge is -2.40. The predicted molar refractivity (Wildman–Crippen MR) is 83.3 cm³/mol. The first-order valence-electron chi connectivity index (χ1n) is 7.93. The van der Waals surface area contributed by atoms with Gasteiger partial charge in [0.05, 0.1) is 0 Å². The molecule has 1 amide bonds. The van der Waals surface area contributed by atoms with Crippen molar-refractivity contribution in [1.82, 2.24) is 15.1 Å². The highest BCUT2D eigenvalue weighted by Crippen LogP contribution is 2.39. The van der Waals surface area contributed by atoms with E-state index >= 15 is 0 Å². The van der Waals surface area contributed by atoms with Crippen molar-refractivity contribution in [3.05, 3.63) is 0 Å². The second-order valence-corrected chi connectivity index (χ2v) is 6.74. The van der Waals surface area contributed by atoms with Crippen LogP contribution in [-0.4, -0.2) is 61.0 Å². The predicted octanol–water partition coefficient (Wildman–Crippen LogP) is 1.49. The zero-order chi connectivity index (χ0) is 13.3. The molecular formula is C15H28ClN3O. The third-order valence-electron chi connectivity index (χ3n) is 5.38. The maximum atomic E-state index is 12.6. The monoisotopic (exact) mass is 301 g/mol. The average molecular weight is 302 g/mol. The molecule has 2 saturated heterocycles. The molecule has 0 radical (unpaired) electrons. The largest absolute Gasteiger partial charge is 0.340 e. The van der Waals surface area contributed by atoms with Gasteiger partial charge in [0.25, 0.3) is 0 Å². The van der Waals surface area contributed by atoms with E-state index in [2.05, 4.69) is 22.0 Å². The Morgan fingerprint density at radius 1 is 1.15 bits per heavy atom. The van der Waals surface area contributed by atoms with Gasteiger partial charge in [-0.1, -0.05) is 19.8 Å². The Bertz CT molecular complexity index is 330. The Kier molecular flexibility index (Phi) is 5.32. The molecule has 3 aliphatic rings. The van der Waals surface area contributed by atoms with Crippen LogP contribution in [0.5, 0.6) is 0 Å². The van der Waals surface area contributed by atoms with Crippen molar-refractivity contribution in [1.29, 1.82) is 0 Å². The maximum absolute atomic E-state index is 12.6. The van der Waals surface area contributed by atoms with Gasteiger partial charge in [0.15, 0.2) is 0 Å². The van der Waals surface area contributed by atoms with E-state index in [1.54, 1.807) is 0 Å². The number of amides is 1. The molecule has 2 heterocycles. The molecule has 1 N–H and O–H groups in total. The normalized spacial score (nSPS) is 30.2. The third-order valence-corrected chi connectivity index (χ3v) is 5.38. The number of rotatable bonds is 2. The highest BCUT2D eigenvalue weighted by Gasteiger charge is 2.40. The summed E-state index contributed by atoms with van der Waals surface area (Å²) in [6.07, 6.45) is 5.93. The molecular weight excluding hydrogens is 274 g/mol. The molecule has 1 aliphatic carbocycles. The second kappa shape index (κ2) is 6.63. The van der Waals surface area contributed by atoms with Crippen molar-refractivity contribution < 1.29 is 4.79 Å². The van der Waals surface area contributed by atoms with Crippen LogP contribution in [0.15, 0.2) is 0 Å². The number of halogens is 1. The van der Waals surface area contributed by atoms with Gasteiger partial charge in [-0.15, -0.1) is 12.4 Å². The first kappa shape index (κ1) is 16.1. The van der Waals surface area contributed by atoms with Gasteiger partial charge in [-0.2, -0.15) is 0 Å². The standard InChI is InChI=1S/C15H27N3O.ClH/c1-15(5-2-3-6-15)14(19)18-10-8-17(9-11-18)13-4-7-16-12-13;/h13,16H,2-12H2,1H3;1H. The van der Waals surface area contributed by atoms with Gasteiger partial charge < -0.3 is 10.2 Å². The highest BCUT2D eigenvalue weighted by molar-refractivity contribution is 5.85. The summed E-state index contributed by atoms with van der Waals surface area (Å²) in [5.74, 6) is 0.425. The Morgan fingerprint density at radius 3 is 2.35 bits per heavy atom. The summed E-state index contributed by atoms with van der Waals surface area (Å²) < 4.78 is 0. The summed E-state index contributed by atoms with van der Waals surface area (Å²) in [5.41, 5.74) is -0.0446. The second-order valence-electron chi connectivity index (χ2n) is 6.74. The van der Waals surface area contributed by atoms with Crippen molar-refractivity contribution in [2.45, 2.75) is 45.1 Å². The van der Waals surface area contributed by atoms with Crippen LogP contribution in [-0.2, 0) is 4.79 Å². The number of hydrogen-bond acceptors (Lipinski definition) is 3. The van der Waals surface area contributed by atoms with Gasteiger partial charge in [-0.3, -0.25) is 9.69 Å². The quantitative estimate of drug-likeness (QED) is 0.839. The van der Waals surface area contributed by atoms with E-state index in [1.807, 2.05) is 0 Å². The molecule has 3 rings (SSSR count). The minimum absolute atomic E-state index is 0. The summed E-state index contributed by atoms with van der Waals surface area (Å²) in [6, 6.07) is 0.708. The van der Waals surface area contributed by atoms with Crippen molar-refractivity contribution in [3.63, 3.8) is 0 Å². The average Bonchev–Trinajstić information content (AvgIpc) is 3.10. The summed E-state index contributed by atoms with van der Waals surface area (Å²) in [4.78, 5) is 17.3. The summed E-state index contributed by atoms with van der Waals surface area (Å²) in [7, 11) is 0. The molecule has 2 aliphatic heterocycles. The molecule has 4 nitrogen and oxygen atoms in total. The fraction of sp³-hybridized carbons (Fsp3) is 0.933. The first-order chi connectivity index (χ1) is 9.19. The molecule has 0 aromatic rings. The summed E-state index contributed by atoms with van der Waals surface area (Å²) >= 11 is 0. The Balaban J connectivity index is 0.00000147. The van der Waals surface area contributed by atoms with E-state index in [0.29, 0.717) is 11.9 Å². The van der Waals surface area contributed by atoms with Gasteiger partial charge >= 0.3 is 0 Å². The Hall–Kier alpha value is -0.320. The number of carbonyl (C=O) groups excluding carboxylic acids is 1. The molecule has 116 valence electrons. The van der Waals surface area contributed by atoms with E-state index in [1.165, 1.54) is 19.3 Å². The van der Waals surface area contributed by atoms with E-state index in [-0.39, 0.29) is 17.8 Å². The molecule has 1 unspecified atom stereocenters. The van der Waals surface area contributed by atoms with Crippen LogP contribution in [0.25, 0.3) is 0 Å². The van der Waals surface area contributed by atoms with Gasteiger partial charge in [0.1, 0.15) is 0 Å². The lowest BCUT2D eigenvalue weighted by molar-refractivity contribution is -0.143. The molecule has 1 saturated carbocycles. The molecule has 20 heavy (non-hydrogen) atoms. The molecule has 0 bridgehead atoms. The smallest absolute Gasteiger partial charge is 0.228 e. The zero-order valence-electron chi connectivity index (χ0n) is 12.6. The minimum atomic E-state index is -0.0446. The lowest BCUT2D eigenvalue weighted by Crippen LogP contribution is -2.54. The van der Waals surface area contributed by atoms with Crippen LogP contribution in [0.4, 0.5) is 0 Å². The van der Waals surface area contributed by atoms with Crippen molar-refractivity contribution in [2.24, 2.45) is 5.41 Å². The van der Waals surface area contributed by atoms with Gasteiger partial charge in [0, 0.05) is 44.2 Å². The molecule has 1 atom stereocenters. The van der Waals surface area contributed by atoms with Crippen molar-refractivity contribution in [2.75, 3.05) is 39.3 Å². The van der Waals surface area contributed by atoms with Crippen LogP contribution in [0.3, 0.4) is 0 Å². The van der Waals surface area contributed by atoms with E-state index in [9.17, 15) is 4.79 Å². The fourth-order valence-electron chi connectivity index (χ4n) is 3.99. The van der Waals surface area contributed by atoms with E-state index < -0.39 is 0 Å². The number of carbonyl (C=O) groups is 1. The van der Waals surface area contributed by atoms with Crippen molar-refractivity contribution in [3.8, 4) is 0 Å². The number of piperazine rings is 1. The Morgan fingerprint density at radius 2 is 1.80 bits per heavy atom. The third kappa shape index (κ3) is 3.12. The number of nitrogens with one attached hydrogen (secondary N) is 1. The lowest BCUT2D eigenvalue weighted by atomic mass is 9.87. The Labute approximate surface area is 128 Å². The molecule has 0 aromatic carbocycles. The van der Waals surface area contributed by atoms with Crippen LogP contribution in [0.1, 0.15) is 39.0 Å². The first-order valence-corrected chi connectivity index (χ1v) is 7.93. The van der Waals surface area contributed by atoms with Gasteiger partial charge in [-0.05, 0) is 25.8 Å². The SMILES string of the molecule is CC1(C(=O)N2CCN(C3CCNC3)CC2)CCCC1.Cl. The molecule has 0 aromatic heterocycles. The van der Waals surface area contributed by atoms with E-state index in [4.69, 9.17) is 0 Å². The number of nitrogens with zero attached hydrogens (tertiary/aromatic N) is 2. The topological polar surface area (TPSA) is 35.6 Å². The van der Waals surface area contributed by atoms with Crippen LogP contribution in [0, 0.1) is 5.41 Å². The molecule has 5 heteroatoms. The number of hydrogen-bond donors (Lipinski definition) is 1. The zero-order valence-corrected chi connectivity index (χ0v) is 13.4. The van der Waals surface area contributed by atoms with Crippen LogP contribution >= 0.6 is 12.4 Å².